The Bertz CT molecular complexity index is 2660. The maximum Gasteiger partial charge on any atom is 0.0620 e. The molecule has 2 heteroatoms. The number of nitrogens with zero attached hydrogens (tertiary/aromatic N) is 2. The van der Waals surface area contributed by atoms with Crippen molar-refractivity contribution < 1.29 is 0 Å². The third-order valence-electron chi connectivity index (χ3n) is 15.7. The smallest absolute Gasteiger partial charge is 0.0620 e. The van der Waals surface area contributed by atoms with Gasteiger partial charge in [0.05, 0.1) is 11.4 Å². The van der Waals surface area contributed by atoms with E-state index in [0.717, 1.165) is 45.0 Å². The average molecular weight is 869 g/mol. The number of hydrogen-bond donors (Lipinski definition) is 0. The molecule has 0 saturated heterocycles. The van der Waals surface area contributed by atoms with Crippen molar-refractivity contribution in [1.82, 2.24) is 0 Å². The molecule has 9 rings (SSSR count). The fraction of sp³-hybridized carbons (Fsp3) is 0.344. The summed E-state index contributed by atoms with van der Waals surface area (Å²) >= 11 is 0. The standard InChI is InChI=1S/C64H72N2/c1-43(2)47-17-27-53(28-18-47)65(54-29-19-48(20-30-54)44(3)4)61-57-35-25-52(64(10)39-15-12-16-40-64)42-60(57)62(58-36-26-51(41-59(58)61)63(9)37-13-11-14-38-63)66(55-31-21-49(22-32-55)45(5)6)56-33-23-50(24-34-56)46(7)8/h17-36,41-42,44,46H,1,5,11-16,37-40H2,2-4,6-10H3. The first-order valence-electron chi connectivity index (χ1n) is 25.1. The van der Waals surface area contributed by atoms with Crippen molar-refractivity contribution in [3.05, 3.63) is 180 Å². The van der Waals surface area contributed by atoms with Crippen molar-refractivity contribution in [3.8, 4) is 0 Å². The molecule has 7 aromatic rings. The molecular formula is C64H72N2. The van der Waals surface area contributed by atoms with Gasteiger partial charge in [-0.3, -0.25) is 0 Å². The van der Waals surface area contributed by atoms with Crippen LogP contribution in [0.3, 0.4) is 0 Å². The van der Waals surface area contributed by atoms with Gasteiger partial charge in [-0.05, 0) is 156 Å². The minimum absolute atomic E-state index is 0.107. The molecule has 0 amide bonds. The van der Waals surface area contributed by atoms with E-state index in [2.05, 4.69) is 212 Å². The lowest BCUT2D eigenvalue weighted by Crippen LogP contribution is -2.25. The molecule has 0 bridgehead atoms. The van der Waals surface area contributed by atoms with E-state index < -0.39 is 0 Å². The quantitative estimate of drug-likeness (QED) is 0.0892. The summed E-state index contributed by atoms with van der Waals surface area (Å²) in [6.45, 7) is 27.0. The van der Waals surface area contributed by atoms with E-state index in [1.165, 1.54) is 119 Å². The van der Waals surface area contributed by atoms with Gasteiger partial charge in [-0.2, -0.15) is 0 Å². The van der Waals surface area contributed by atoms with E-state index >= 15 is 0 Å². The highest BCUT2D eigenvalue weighted by atomic mass is 15.2. The van der Waals surface area contributed by atoms with Gasteiger partial charge < -0.3 is 9.80 Å². The molecular weight excluding hydrogens is 797 g/mol. The van der Waals surface area contributed by atoms with Crippen LogP contribution in [0.15, 0.2) is 147 Å². The highest BCUT2D eigenvalue weighted by Gasteiger charge is 2.34. The van der Waals surface area contributed by atoms with Crippen LogP contribution in [0.4, 0.5) is 34.1 Å². The van der Waals surface area contributed by atoms with Crippen LogP contribution in [0, 0.1) is 0 Å². The van der Waals surface area contributed by atoms with Crippen LogP contribution in [-0.4, -0.2) is 0 Å². The Morgan fingerprint density at radius 2 is 0.712 bits per heavy atom. The molecule has 0 unspecified atom stereocenters. The number of hydrogen-bond acceptors (Lipinski definition) is 2. The molecule has 0 spiro atoms. The predicted molar refractivity (Wildman–Crippen MR) is 289 cm³/mol. The van der Waals surface area contributed by atoms with Crippen molar-refractivity contribution in [1.29, 1.82) is 0 Å². The summed E-state index contributed by atoms with van der Waals surface area (Å²) in [4.78, 5) is 5.14. The second-order valence-corrected chi connectivity index (χ2v) is 21.3. The van der Waals surface area contributed by atoms with Gasteiger partial charge in [0.2, 0.25) is 0 Å². The van der Waals surface area contributed by atoms with Crippen LogP contribution in [0.1, 0.15) is 165 Å². The molecule has 7 aromatic carbocycles. The third kappa shape index (κ3) is 8.65. The van der Waals surface area contributed by atoms with Gasteiger partial charge in [-0.25, -0.2) is 0 Å². The summed E-state index contributed by atoms with van der Waals surface area (Å²) in [6, 6.07) is 52.2. The first kappa shape index (κ1) is 45.3. The van der Waals surface area contributed by atoms with Gasteiger partial charge in [0, 0.05) is 44.3 Å². The second kappa shape index (κ2) is 18.4. The van der Waals surface area contributed by atoms with Gasteiger partial charge in [0.1, 0.15) is 0 Å². The molecule has 2 fully saturated rings. The SMILES string of the molecule is C=C(C)c1ccc(N(c2ccc(C(C)C)cc2)c2c3ccc(C4(C)CCCCC4)cc3c(N(c3ccc(C(=C)C)cc3)c3ccc(C(C)C)cc3)c3ccc(C4(C)CCCCC4)cc23)cc1. The highest BCUT2D eigenvalue weighted by Crippen LogP contribution is 2.54. The molecule has 2 nitrogen and oxygen atoms in total. The molecule has 0 heterocycles. The monoisotopic (exact) mass is 869 g/mol. The number of fused-ring (bicyclic) bond motifs is 2. The lowest BCUT2D eigenvalue weighted by molar-refractivity contribution is 0.320. The minimum atomic E-state index is 0.107. The van der Waals surface area contributed by atoms with Crippen molar-refractivity contribution in [2.45, 2.75) is 142 Å². The molecule has 0 atom stereocenters. The zero-order valence-corrected chi connectivity index (χ0v) is 41.2. The average Bonchev–Trinajstić information content (AvgIpc) is 3.33. The number of rotatable bonds is 12. The Hall–Kier alpha value is -5.86. The number of anilines is 6. The van der Waals surface area contributed by atoms with Crippen LogP contribution in [0.5, 0.6) is 0 Å². The molecule has 2 saturated carbocycles. The molecule has 0 aliphatic heterocycles. The fourth-order valence-corrected chi connectivity index (χ4v) is 11.3. The largest absolute Gasteiger partial charge is 0.309 e. The van der Waals surface area contributed by atoms with Gasteiger partial charge in [-0.15, -0.1) is 0 Å². The van der Waals surface area contributed by atoms with Crippen LogP contribution >= 0.6 is 0 Å². The Morgan fingerprint density at radius 3 is 1.00 bits per heavy atom. The minimum Gasteiger partial charge on any atom is -0.309 e. The summed E-state index contributed by atoms with van der Waals surface area (Å²) in [6.07, 6.45) is 12.6. The van der Waals surface area contributed by atoms with Crippen molar-refractivity contribution in [3.63, 3.8) is 0 Å². The number of allylic oxidation sites excluding steroid dienone is 2. The summed E-state index contributed by atoms with van der Waals surface area (Å²) < 4.78 is 0. The van der Waals surface area contributed by atoms with Crippen LogP contribution in [0.2, 0.25) is 0 Å². The molecule has 338 valence electrons. The summed E-state index contributed by atoms with van der Waals surface area (Å²) in [5.74, 6) is 0.874. The van der Waals surface area contributed by atoms with Gasteiger partial charge in [-0.1, -0.05) is 177 Å². The fourth-order valence-electron chi connectivity index (χ4n) is 11.3. The first-order valence-corrected chi connectivity index (χ1v) is 25.1. The zero-order valence-electron chi connectivity index (χ0n) is 41.2. The van der Waals surface area contributed by atoms with Crippen molar-refractivity contribution >= 4 is 66.8 Å². The Kier molecular flexibility index (Phi) is 12.7. The predicted octanol–water partition coefficient (Wildman–Crippen LogP) is 19.7. The normalized spacial score (nSPS) is 15.9. The Morgan fingerprint density at radius 1 is 0.409 bits per heavy atom. The van der Waals surface area contributed by atoms with Crippen LogP contribution in [-0.2, 0) is 10.8 Å². The Balaban J connectivity index is 1.45. The molecule has 0 N–H and O–H groups in total. The summed E-state index contributed by atoms with van der Waals surface area (Å²) in [5.41, 5.74) is 17.3. The first-order chi connectivity index (χ1) is 31.7. The van der Waals surface area contributed by atoms with Gasteiger partial charge in [0.25, 0.3) is 0 Å². The second-order valence-electron chi connectivity index (χ2n) is 21.3. The number of benzene rings is 7. The molecule has 2 aliphatic rings. The highest BCUT2D eigenvalue weighted by molar-refractivity contribution is 6.23. The molecule has 2 aliphatic carbocycles. The van der Waals surface area contributed by atoms with E-state index in [-0.39, 0.29) is 10.8 Å². The molecule has 66 heavy (non-hydrogen) atoms. The van der Waals surface area contributed by atoms with E-state index in [1.54, 1.807) is 0 Å². The molecule has 0 aromatic heterocycles. The summed E-state index contributed by atoms with van der Waals surface area (Å²) in [5, 5.41) is 5.06. The van der Waals surface area contributed by atoms with E-state index in [9.17, 15) is 0 Å². The summed E-state index contributed by atoms with van der Waals surface area (Å²) in [7, 11) is 0. The van der Waals surface area contributed by atoms with Crippen molar-refractivity contribution in [2.75, 3.05) is 9.80 Å². The van der Waals surface area contributed by atoms with Crippen LogP contribution in [0.25, 0.3) is 32.7 Å². The zero-order chi connectivity index (χ0) is 46.3. The van der Waals surface area contributed by atoms with Gasteiger partial charge in [0.15, 0.2) is 0 Å². The lowest BCUT2D eigenvalue weighted by Gasteiger charge is -2.37. The van der Waals surface area contributed by atoms with Crippen LogP contribution < -0.4 is 9.80 Å². The van der Waals surface area contributed by atoms with Gasteiger partial charge >= 0.3 is 0 Å². The topological polar surface area (TPSA) is 6.48 Å². The van der Waals surface area contributed by atoms with Crippen molar-refractivity contribution in [2.24, 2.45) is 0 Å². The maximum atomic E-state index is 4.32. The van der Waals surface area contributed by atoms with E-state index in [0.29, 0.717) is 11.8 Å². The molecule has 0 radical (unpaired) electrons. The van der Waals surface area contributed by atoms with E-state index in [4.69, 9.17) is 0 Å². The Labute approximate surface area is 397 Å². The lowest BCUT2D eigenvalue weighted by atomic mass is 9.70. The third-order valence-corrected chi connectivity index (χ3v) is 15.7. The van der Waals surface area contributed by atoms with E-state index in [1.807, 2.05) is 0 Å². The maximum absolute atomic E-state index is 4.32.